The normalized spacial score (nSPS) is 13.0. The van der Waals surface area contributed by atoms with Gasteiger partial charge in [-0.25, -0.2) is 0 Å². The van der Waals surface area contributed by atoms with Gasteiger partial charge in [0.25, 0.3) is 0 Å². The van der Waals surface area contributed by atoms with Crippen LogP contribution in [0.1, 0.15) is 11.9 Å². The molecule has 2 aromatic rings. The topological polar surface area (TPSA) is 73.3 Å². The first-order valence-electron chi connectivity index (χ1n) is 6.89. The van der Waals surface area contributed by atoms with Crippen LogP contribution in [0.25, 0.3) is 0 Å². The number of nitrogens with zero attached hydrogens (tertiary/aromatic N) is 2. The molecule has 1 aliphatic heterocycles. The molecule has 1 aliphatic rings. The molecule has 0 atom stereocenters. The van der Waals surface area contributed by atoms with Crippen LogP contribution in [0.4, 0.5) is 5.13 Å². The molecule has 3 rings (SSSR count). The minimum atomic E-state index is -0.0984. The van der Waals surface area contributed by atoms with Gasteiger partial charge in [-0.1, -0.05) is 18.3 Å². The summed E-state index contributed by atoms with van der Waals surface area (Å²) in [6.45, 7) is 3.13. The third-order valence-electron chi connectivity index (χ3n) is 2.90. The van der Waals surface area contributed by atoms with Crippen LogP contribution in [0.3, 0.4) is 0 Å². The van der Waals surface area contributed by atoms with Crippen LogP contribution < -0.4 is 14.8 Å². The van der Waals surface area contributed by atoms with Gasteiger partial charge in [-0.15, -0.1) is 22.0 Å². The van der Waals surface area contributed by atoms with Crippen LogP contribution in [-0.4, -0.2) is 35.1 Å². The molecule has 0 fully saturated rings. The van der Waals surface area contributed by atoms with E-state index < -0.39 is 0 Å². The first-order chi connectivity index (χ1) is 10.7. The Morgan fingerprint density at radius 1 is 1.32 bits per heavy atom. The fraction of sp³-hybridized carbons (Fsp3) is 0.357. The van der Waals surface area contributed by atoms with E-state index in [-0.39, 0.29) is 5.91 Å². The number of nitrogens with one attached hydrogen (secondary N) is 1. The lowest BCUT2D eigenvalue weighted by Crippen LogP contribution is -2.15. The minimum Gasteiger partial charge on any atom is -0.486 e. The van der Waals surface area contributed by atoms with Crippen molar-refractivity contribution in [1.29, 1.82) is 0 Å². The molecule has 8 heteroatoms. The molecule has 1 aromatic carbocycles. The first-order valence-corrected chi connectivity index (χ1v) is 8.69. The van der Waals surface area contributed by atoms with Gasteiger partial charge in [-0.3, -0.25) is 10.1 Å². The summed E-state index contributed by atoms with van der Waals surface area (Å²) in [4.78, 5) is 12.9. The van der Waals surface area contributed by atoms with Crippen molar-refractivity contribution >= 4 is 34.1 Å². The van der Waals surface area contributed by atoms with Gasteiger partial charge in [0.1, 0.15) is 18.2 Å². The molecule has 6 nitrogen and oxygen atoms in total. The lowest BCUT2D eigenvalue weighted by molar-refractivity contribution is -0.113. The smallest absolute Gasteiger partial charge is 0.236 e. The number of benzene rings is 1. The van der Waals surface area contributed by atoms with E-state index in [9.17, 15) is 4.79 Å². The molecule has 0 bridgehead atoms. The van der Waals surface area contributed by atoms with Gasteiger partial charge in [0.15, 0.2) is 11.5 Å². The third-order valence-corrected chi connectivity index (χ3v) is 4.88. The molecule has 22 heavy (non-hydrogen) atoms. The van der Waals surface area contributed by atoms with Gasteiger partial charge in [0, 0.05) is 4.90 Å². The number of hydrogen-bond acceptors (Lipinski definition) is 7. The van der Waals surface area contributed by atoms with Crippen molar-refractivity contribution in [2.45, 2.75) is 18.2 Å². The van der Waals surface area contributed by atoms with Crippen molar-refractivity contribution in [2.24, 2.45) is 0 Å². The molecule has 1 amide bonds. The first kappa shape index (κ1) is 15.1. The number of carbonyl (C=O) groups excluding carboxylic acids is 1. The Labute approximate surface area is 136 Å². The van der Waals surface area contributed by atoms with Crippen molar-refractivity contribution in [2.75, 3.05) is 24.3 Å². The maximum atomic E-state index is 11.9. The number of hydrogen-bond donors (Lipinski definition) is 1. The quantitative estimate of drug-likeness (QED) is 0.846. The summed E-state index contributed by atoms with van der Waals surface area (Å²) >= 11 is 2.84. The number of carbonyl (C=O) groups is 1. The van der Waals surface area contributed by atoms with Crippen molar-refractivity contribution in [3.63, 3.8) is 0 Å². The van der Waals surface area contributed by atoms with Crippen molar-refractivity contribution in [1.82, 2.24) is 10.2 Å². The van der Waals surface area contributed by atoms with Crippen LogP contribution in [0.5, 0.6) is 11.5 Å². The Morgan fingerprint density at radius 2 is 2.14 bits per heavy atom. The van der Waals surface area contributed by atoms with E-state index >= 15 is 0 Å². The molecule has 0 saturated heterocycles. The predicted octanol–water partition coefficient (Wildman–Crippen LogP) is 2.60. The Hall–Kier alpha value is -1.80. The maximum Gasteiger partial charge on any atom is 0.236 e. The number of aromatic nitrogens is 2. The van der Waals surface area contributed by atoms with Gasteiger partial charge in [0.2, 0.25) is 11.0 Å². The second kappa shape index (κ2) is 6.97. The van der Waals surface area contributed by atoms with E-state index in [4.69, 9.17) is 9.47 Å². The fourth-order valence-corrected chi connectivity index (χ4v) is 3.28. The molecule has 0 saturated carbocycles. The van der Waals surface area contributed by atoms with Crippen LogP contribution in [0, 0.1) is 0 Å². The highest BCUT2D eigenvalue weighted by molar-refractivity contribution is 8.00. The van der Waals surface area contributed by atoms with Crippen LogP contribution in [-0.2, 0) is 11.2 Å². The van der Waals surface area contributed by atoms with Crippen molar-refractivity contribution in [3.8, 4) is 11.5 Å². The lowest BCUT2D eigenvalue weighted by atomic mass is 10.3. The fourth-order valence-electron chi connectivity index (χ4n) is 1.86. The average Bonchev–Trinajstić information content (AvgIpc) is 3.00. The zero-order chi connectivity index (χ0) is 15.4. The zero-order valence-electron chi connectivity index (χ0n) is 12.0. The largest absolute Gasteiger partial charge is 0.486 e. The molecule has 0 unspecified atom stereocenters. The van der Waals surface area contributed by atoms with Crippen LogP contribution >= 0.6 is 23.1 Å². The summed E-state index contributed by atoms with van der Waals surface area (Å²) < 4.78 is 11.0. The van der Waals surface area contributed by atoms with E-state index in [0.717, 1.165) is 27.8 Å². The van der Waals surface area contributed by atoms with Crippen molar-refractivity contribution < 1.29 is 14.3 Å². The van der Waals surface area contributed by atoms with Gasteiger partial charge in [-0.2, -0.15) is 0 Å². The number of anilines is 1. The Kier molecular flexibility index (Phi) is 4.79. The summed E-state index contributed by atoms with van der Waals surface area (Å²) in [7, 11) is 0. The lowest BCUT2D eigenvalue weighted by Gasteiger charge is -2.18. The molecule has 116 valence electrons. The number of aryl methyl sites for hydroxylation is 1. The average molecular weight is 337 g/mol. The van der Waals surface area contributed by atoms with Gasteiger partial charge in [-0.05, 0) is 24.6 Å². The number of rotatable bonds is 5. The summed E-state index contributed by atoms with van der Waals surface area (Å²) in [5.74, 6) is 1.69. The van der Waals surface area contributed by atoms with E-state index in [2.05, 4.69) is 15.5 Å². The van der Waals surface area contributed by atoms with Gasteiger partial charge < -0.3 is 9.47 Å². The van der Waals surface area contributed by atoms with E-state index in [1.165, 1.54) is 23.1 Å². The summed E-state index contributed by atoms with van der Waals surface area (Å²) in [5.41, 5.74) is 0. The molecule has 1 N–H and O–H groups in total. The highest BCUT2D eigenvalue weighted by Gasteiger charge is 2.13. The maximum absolute atomic E-state index is 11.9. The van der Waals surface area contributed by atoms with E-state index in [1.807, 2.05) is 25.1 Å². The van der Waals surface area contributed by atoms with Crippen LogP contribution in [0.15, 0.2) is 23.1 Å². The Balaban J connectivity index is 1.54. The molecule has 0 spiro atoms. The third kappa shape index (κ3) is 3.69. The predicted molar refractivity (Wildman–Crippen MR) is 86.1 cm³/mol. The second-order valence-corrected chi connectivity index (χ2v) is 6.61. The monoisotopic (exact) mass is 337 g/mol. The number of fused-ring (bicyclic) bond motifs is 1. The molecule has 0 radical (unpaired) electrons. The number of ether oxygens (including phenoxy) is 2. The Bertz CT molecular complexity index is 675. The highest BCUT2D eigenvalue weighted by atomic mass is 32.2. The number of thioether (sulfide) groups is 1. The molecule has 1 aromatic heterocycles. The van der Waals surface area contributed by atoms with E-state index in [0.29, 0.717) is 24.1 Å². The summed E-state index contributed by atoms with van der Waals surface area (Å²) in [5, 5.41) is 12.1. The van der Waals surface area contributed by atoms with E-state index in [1.54, 1.807) is 0 Å². The van der Waals surface area contributed by atoms with Gasteiger partial charge in [0.05, 0.1) is 5.75 Å². The second-order valence-electron chi connectivity index (χ2n) is 4.50. The Morgan fingerprint density at radius 3 is 2.91 bits per heavy atom. The summed E-state index contributed by atoms with van der Waals surface area (Å²) in [6.07, 6.45) is 0.819. The highest BCUT2D eigenvalue weighted by Crippen LogP contribution is 2.34. The standard InChI is InChI=1S/C14H15N3O3S2/c1-2-13-16-17-14(22-13)15-12(18)8-21-9-3-4-10-11(7-9)20-6-5-19-10/h3-4,7H,2,5-6,8H2,1H3,(H,15,17,18). The minimum absolute atomic E-state index is 0.0984. The molecule has 2 heterocycles. The number of amides is 1. The summed E-state index contributed by atoms with van der Waals surface area (Å²) in [6, 6.07) is 5.69. The molecular weight excluding hydrogens is 322 g/mol. The molecular formula is C14H15N3O3S2. The SMILES string of the molecule is CCc1nnc(NC(=O)CSc2ccc3c(c2)OCCO3)s1. The zero-order valence-corrected chi connectivity index (χ0v) is 13.6. The van der Waals surface area contributed by atoms with Gasteiger partial charge >= 0.3 is 0 Å². The molecule has 0 aliphatic carbocycles. The van der Waals surface area contributed by atoms with Crippen LogP contribution in [0.2, 0.25) is 0 Å². The van der Waals surface area contributed by atoms with Crippen molar-refractivity contribution in [3.05, 3.63) is 23.2 Å².